The Labute approximate surface area is 151 Å². The highest BCUT2D eigenvalue weighted by Gasteiger charge is 2.16. The first-order chi connectivity index (χ1) is 12.5. The summed E-state index contributed by atoms with van der Waals surface area (Å²) in [5.74, 6) is 0.981. The van der Waals surface area contributed by atoms with E-state index in [0.29, 0.717) is 24.3 Å². The van der Waals surface area contributed by atoms with Crippen molar-refractivity contribution in [3.63, 3.8) is 0 Å². The Morgan fingerprint density at radius 1 is 1.12 bits per heavy atom. The maximum absolute atomic E-state index is 12.2. The van der Waals surface area contributed by atoms with Crippen LogP contribution in [0.3, 0.4) is 0 Å². The third kappa shape index (κ3) is 4.31. The van der Waals surface area contributed by atoms with Crippen molar-refractivity contribution in [1.29, 1.82) is 0 Å². The molecular formula is C19H21N2O5+. The Hall–Kier alpha value is -3.06. The number of carbonyl (C=O) groups is 2. The monoisotopic (exact) mass is 357 g/mol. The fourth-order valence-electron chi connectivity index (χ4n) is 2.75. The van der Waals surface area contributed by atoms with E-state index in [0.717, 1.165) is 22.0 Å². The molecular weight excluding hydrogens is 336 g/mol. The molecule has 0 saturated heterocycles. The van der Waals surface area contributed by atoms with Crippen LogP contribution in [0.25, 0.3) is 0 Å². The molecule has 7 heteroatoms. The molecule has 1 atom stereocenters. The Bertz CT molecular complexity index is 804. The Balaban J connectivity index is 1.52. The van der Waals surface area contributed by atoms with E-state index < -0.39 is 5.97 Å². The molecule has 2 aromatic carbocycles. The highest BCUT2D eigenvalue weighted by molar-refractivity contribution is 5.93. The van der Waals surface area contributed by atoms with Crippen molar-refractivity contribution >= 4 is 17.6 Å². The number of quaternary nitrogens is 1. The number of carbonyl (C=O) groups excluding carboxylic acids is 2. The standard InChI is InChI=1S/C19H20N2O5/c1-21(10-13-3-8-16-17(9-13)26-12-25-16)11-18(22)20-15-6-4-14(5-7-15)19(23)24-2/h3-9H,10-12H2,1-2H3,(H,20,22)/p+1. The summed E-state index contributed by atoms with van der Waals surface area (Å²) in [5.41, 5.74) is 2.15. The first-order valence-corrected chi connectivity index (χ1v) is 8.23. The number of methoxy groups -OCH3 is 1. The Morgan fingerprint density at radius 2 is 1.85 bits per heavy atom. The van der Waals surface area contributed by atoms with Gasteiger partial charge in [-0.05, 0) is 42.5 Å². The van der Waals surface area contributed by atoms with Gasteiger partial charge in [-0.1, -0.05) is 0 Å². The second-order valence-corrected chi connectivity index (χ2v) is 6.12. The van der Waals surface area contributed by atoms with Crippen LogP contribution >= 0.6 is 0 Å². The minimum absolute atomic E-state index is 0.103. The highest BCUT2D eigenvalue weighted by Crippen LogP contribution is 2.32. The summed E-state index contributed by atoms with van der Waals surface area (Å²) in [6, 6.07) is 12.4. The lowest BCUT2D eigenvalue weighted by Gasteiger charge is -2.14. The SMILES string of the molecule is COC(=O)c1ccc(NC(=O)C[NH+](C)Cc2ccc3c(c2)OCO3)cc1. The molecule has 1 heterocycles. The summed E-state index contributed by atoms with van der Waals surface area (Å²) in [6.07, 6.45) is 0. The molecule has 0 saturated carbocycles. The van der Waals surface area contributed by atoms with Gasteiger partial charge in [-0.25, -0.2) is 4.79 Å². The van der Waals surface area contributed by atoms with E-state index in [9.17, 15) is 9.59 Å². The van der Waals surface area contributed by atoms with Crippen LogP contribution in [0.15, 0.2) is 42.5 Å². The predicted molar refractivity (Wildman–Crippen MR) is 94.4 cm³/mol. The van der Waals surface area contributed by atoms with E-state index in [-0.39, 0.29) is 12.7 Å². The molecule has 3 rings (SSSR count). The molecule has 0 aliphatic carbocycles. The number of anilines is 1. The van der Waals surface area contributed by atoms with Gasteiger partial charge in [0.05, 0.1) is 19.7 Å². The lowest BCUT2D eigenvalue weighted by Crippen LogP contribution is -3.08. The molecule has 0 spiro atoms. The minimum Gasteiger partial charge on any atom is -0.465 e. The van der Waals surface area contributed by atoms with Crippen LogP contribution in [0.1, 0.15) is 15.9 Å². The van der Waals surface area contributed by atoms with Gasteiger partial charge in [0.15, 0.2) is 18.0 Å². The number of amides is 1. The number of nitrogens with one attached hydrogen (secondary N) is 2. The number of benzene rings is 2. The molecule has 0 aromatic heterocycles. The van der Waals surface area contributed by atoms with Crippen LogP contribution in [0.4, 0.5) is 5.69 Å². The average Bonchev–Trinajstić information content (AvgIpc) is 3.09. The van der Waals surface area contributed by atoms with E-state index in [2.05, 4.69) is 10.1 Å². The quantitative estimate of drug-likeness (QED) is 0.750. The van der Waals surface area contributed by atoms with Crippen LogP contribution in [-0.2, 0) is 16.1 Å². The number of hydrogen-bond donors (Lipinski definition) is 2. The third-order valence-corrected chi connectivity index (χ3v) is 3.99. The van der Waals surface area contributed by atoms with E-state index in [1.807, 2.05) is 25.2 Å². The molecule has 1 aliphatic heterocycles. The van der Waals surface area contributed by atoms with Crippen molar-refractivity contribution in [3.05, 3.63) is 53.6 Å². The highest BCUT2D eigenvalue weighted by atomic mass is 16.7. The fraction of sp³-hybridized carbons (Fsp3) is 0.263. The van der Waals surface area contributed by atoms with Crippen molar-refractivity contribution in [2.75, 3.05) is 32.8 Å². The van der Waals surface area contributed by atoms with Crippen molar-refractivity contribution < 1.29 is 28.7 Å². The van der Waals surface area contributed by atoms with Crippen LogP contribution in [0.5, 0.6) is 11.5 Å². The van der Waals surface area contributed by atoms with Gasteiger partial charge in [-0.15, -0.1) is 0 Å². The normalized spacial score (nSPS) is 13.2. The lowest BCUT2D eigenvalue weighted by molar-refractivity contribution is -0.885. The van der Waals surface area contributed by atoms with Crippen LogP contribution in [0.2, 0.25) is 0 Å². The third-order valence-electron chi connectivity index (χ3n) is 3.99. The molecule has 0 radical (unpaired) electrons. The zero-order valence-corrected chi connectivity index (χ0v) is 14.7. The number of esters is 1. The first-order valence-electron chi connectivity index (χ1n) is 8.23. The number of fused-ring (bicyclic) bond motifs is 1. The van der Waals surface area contributed by atoms with Gasteiger partial charge in [0.2, 0.25) is 6.79 Å². The van der Waals surface area contributed by atoms with Crippen LogP contribution in [0, 0.1) is 0 Å². The molecule has 2 aromatic rings. The minimum atomic E-state index is -0.407. The molecule has 1 aliphatic rings. The van der Waals surface area contributed by atoms with E-state index in [1.54, 1.807) is 24.3 Å². The lowest BCUT2D eigenvalue weighted by atomic mass is 10.2. The van der Waals surface area contributed by atoms with Gasteiger partial charge in [0.1, 0.15) is 6.54 Å². The van der Waals surface area contributed by atoms with E-state index in [1.165, 1.54) is 7.11 Å². The van der Waals surface area contributed by atoms with Crippen LogP contribution < -0.4 is 19.7 Å². The Kier molecular flexibility index (Phi) is 5.38. The molecule has 7 nitrogen and oxygen atoms in total. The maximum atomic E-state index is 12.2. The molecule has 26 heavy (non-hydrogen) atoms. The fourth-order valence-corrected chi connectivity index (χ4v) is 2.75. The van der Waals surface area contributed by atoms with Gasteiger partial charge in [0, 0.05) is 11.3 Å². The Morgan fingerprint density at radius 3 is 2.58 bits per heavy atom. The number of rotatable bonds is 6. The van der Waals surface area contributed by atoms with Gasteiger partial charge in [-0.2, -0.15) is 0 Å². The van der Waals surface area contributed by atoms with E-state index in [4.69, 9.17) is 9.47 Å². The number of likely N-dealkylation sites (N-methyl/N-ethyl adjacent to an activating group) is 1. The molecule has 1 amide bonds. The number of hydrogen-bond acceptors (Lipinski definition) is 5. The van der Waals surface area contributed by atoms with Crippen molar-refractivity contribution in [2.45, 2.75) is 6.54 Å². The summed E-state index contributed by atoms with van der Waals surface area (Å²) in [5, 5.41) is 2.83. The average molecular weight is 357 g/mol. The van der Waals surface area contributed by atoms with Crippen molar-refractivity contribution in [2.24, 2.45) is 0 Å². The summed E-state index contributed by atoms with van der Waals surface area (Å²) in [7, 11) is 3.28. The van der Waals surface area contributed by atoms with Gasteiger partial charge < -0.3 is 24.4 Å². The van der Waals surface area contributed by atoms with E-state index >= 15 is 0 Å². The topological polar surface area (TPSA) is 78.3 Å². The molecule has 2 N–H and O–H groups in total. The molecule has 1 unspecified atom stereocenters. The molecule has 136 valence electrons. The van der Waals surface area contributed by atoms with Crippen molar-refractivity contribution in [3.8, 4) is 11.5 Å². The van der Waals surface area contributed by atoms with Crippen molar-refractivity contribution in [1.82, 2.24) is 0 Å². The number of ether oxygens (including phenoxy) is 3. The summed E-state index contributed by atoms with van der Waals surface area (Å²) < 4.78 is 15.3. The molecule has 0 bridgehead atoms. The van der Waals surface area contributed by atoms with Gasteiger partial charge in [0.25, 0.3) is 5.91 Å². The summed E-state index contributed by atoms with van der Waals surface area (Å²) in [6.45, 7) is 1.25. The molecule has 0 fully saturated rings. The summed E-state index contributed by atoms with van der Waals surface area (Å²) in [4.78, 5) is 24.6. The zero-order valence-electron chi connectivity index (χ0n) is 14.7. The smallest absolute Gasteiger partial charge is 0.337 e. The van der Waals surface area contributed by atoms with Gasteiger partial charge >= 0.3 is 5.97 Å². The summed E-state index contributed by atoms with van der Waals surface area (Å²) >= 11 is 0. The first kappa shape index (κ1) is 17.8. The predicted octanol–water partition coefficient (Wildman–Crippen LogP) is 0.855. The largest absolute Gasteiger partial charge is 0.465 e. The maximum Gasteiger partial charge on any atom is 0.337 e. The van der Waals surface area contributed by atoms with Crippen LogP contribution in [-0.4, -0.2) is 39.4 Å². The second kappa shape index (κ2) is 7.88. The van der Waals surface area contributed by atoms with Gasteiger partial charge in [-0.3, -0.25) is 4.79 Å². The zero-order chi connectivity index (χ0) is 18.5. The second-order valence-electron chi connectivity index (χ2n) is 6.12.